The molecule has 0 bridgehead atoms. The van der Waals surface area contributed by atoms with E-state index in [9.17, 15) is 4.79 Å². The van der Waals surface area contributed by atoms with Crippen LogP contribution >= 0.6 is 11.3 Å². The first-order valence-electron chi connectivity index (χ1n) is 6.26. The SMILES string of the molecule is CC(Nc1ccccc1NC(=O)CC#N)c1cccs1. The third-order valence-electron chi connectivity index (χ3n) is 2.78. The lowest BCUT2D eigenvalue weighted by atomic mass is 10.2. The fourth-order valence-corrected chi connectivity index (χ4v) is 2.56. The van der Waals surface area contributed by atoms with Crippen LogP contribution in [-0.2, 0) is 4.79 Å². The second-order valence-electron chi connectivity index (χ2n) is 4.31. The van der Waals surface area contributed by atoms with Crippen molar-refractivity contribution in [1.29, 1.82) is 5.26 Å². The van der Waals surface area contributed by atoms with Crippen molar-refractivity contribution >= 4 is 28.6 Å². The molecule has 0 fully saturated rings. The third-order valence-corrected chi connectivity index (χ3v) is 3.84. The molecule has 2 rings (SSSR count). The van der Waals surface area contributed by atoms with Gasteiger partial charge in [-0.05, 0) is 30.5 Å². The Labute approximate surface area is 122 Å². The zero-order valence-electron chi connectivity index (χ0n) is 11.1. The molecule has 0 spiro atoms. The molecule has 0 saturated heterocycles. The fourth-order valence-electron chi connectivity index (χ4n) is 1.83. The second-order valence-corrected chi connectivity index (χ2v) is 5.29. The van der Waals surface area contributed by atoms with Crippen molar-refractivity contribution in [2.24, 2.45) is 0 Å². The maximum absolute atomic E-state index is 11.5. The average molecular weight is 285 g/mol. The van der Waals surface area contributed by atoms with E-state index in [1.807, 2.05) is 41.8 Å². The number of nitriles is 1. The smallest absolute Gasteiger partial charge is 0.238 e. The van der Waals surface area contributed by atoms with E-state index < -0.39 is 0 Å². The Kier molecular flexibility index (Phi) is 4.75. The highest BCUT2D eigenvalue weighted by Gasteiger charge is 2.10. The predicted molar refractivity (Wildman–Crippen MR) is 81.7 cm³/mol. The first-order valence-corrected chi connectivity index (χ1v) is 7.14. The molecule has 0 aliphatic rings. The molecule has 1 aromatic heterocycles. The topological polar surface area (TPSA) is 64.9 Å². The highest BCUT2D eigenvalue weighted by molar-refractivity contribution is 7.10. The number of rotatable bonds is 5. The van der Waals surface area contributed by atoms with E-state index in [1.165, 1.54) is 4.88 Å². The molecule has 1 heterocycles. The molecule has 0 saturated carbocycles. The summed E-state index contributed by atoms with van der Waals surface area (Å²) < 4.78 is 0. The van der Waals surface area contributed by atoms with Crippen molar-refractivity contribution < 1.29 is 4.79 Å². The van der Waals surface area contributed by atoms with Crippen molar-refractivity contribution in [3.63, 3.8) is 0 Å². The van der Waals surface area contributed by atoms with Crippen LogP contribution in [0.1, 0.15) is 24.3 Å². The summed E-state index contributed by atoms with van der Waals surface area (Å²) in [4.78, 5) is 12.7. The van der Waals surface area contributed by atoms with E-state index in [2.05, 4.69) is 23.6 Å². The lowest BCUT2D eigenvalue weighted by molar-refractivity contribution is -0.115. The van der Waals surface area contributed by atoms with E-state index in [0.29, 0.717) is 5.69 Å². The van der Waals surface area contributed by atoms with Gasteiger partial charge in [0.2, 0.25) is 5.91 Å². The maximum atomic E-state index is 11.5. The first-order chi connectivity index (χ1) is 9.70. The Morgan fingerprint density at radius 2 is 2.05 bits per heavy atom. The Bertz CT molecular complexity index is 616. The molecule has 5 heteroatoms. The van der Waals surface area contributed by atoms with E-state index in [-0.39, 0.29) is 18.4 Å². The number of nitrogens with zero attached hydrogens (tertiary/aromatic N) is 1. The summed E-state index contributed by atoms with van der Waals surface area (Å²) >= 11 is 1.69. The van der Waals surface area contributed by atoms with Gasteiger partial charge in [-0.25, -0.2) is 0 Å². The standard InChI is InChI=1S/C15H15N3OS/c1-11(14-7-4-10-20-14)17-12-5-2-3-6-13(12)18-15(19)8-9-16/h2-7,10-11,17H,8H2,1H3,(H,18,19). The molecule has 0 aliphatic carbocycles. The number of anilines is 2. The number of hydrogen-bond acceptors (Lipinski definition) is 4. The number of para-hydroxylation sites is 2. The molecule has 2 aromatic rings. The van der Waals surface area contributed by atoms with Gasteiger partial charge in [0.1, 0.15) is 6.42 Å². The van der Waals surface area contributed by atoms with Gasteiger partial charge in [-0.2, -0.15) is 5.26 Å². The fraction of sp³-hybridized carbons (Fsp3) is 0.200. The molecular weight excluding hydrogens is 270 g/mol. The van der Waals surface area contributed by atoms with Gasteiger partial charge in [0.25, 0.3) is 0 Å². The minimum Gasteiger partial charge on any atom is -0.376 e. The normalized spacial score (nSPS) is 11.4. The lowest BCUT2D eigenvalue weighted by Crippen LogP contribution is -2.13. The number of hydrogen-bond donors (Lipinski definition) is 2. The van der Waals surface area contributed by atoms with E-state index >= 15 is 0 Å². The molecule has 0 radical (unpaired) electrons. The van der Waals surface area contributed by atoms with Crippen LogP contribution in [0.5, 0.6) is 0 Å². The molecular formula is C15H15N3OS. The molecule has 2 N–H and O–H groups in total. The summed E-state index contributed by atoms with van der Waals surface area (Å²) in [5.74, 6) is -0.300. The number of amides is 1. The van der Waals surface area contributed by atoms with Crippen molar-refractivity contribution in [3.05, 3.63) is 46.7 Å². The Morgan fingerprint density at radius 3 is 2.70 bits per heavy atom. The minimum atomic E-state index is -0.300. The van der Waals surface area contributed by atoms with Gasteiger partial charge in [0, 0.05) is 4.88 Å². The second kappa shape index (κ2) is 6.73. The molecule has 1 unspecified atom stereocenters. The summed E-state index contributed by atoms with van der Waals surface area (Å²) in [6.07, 6.45) is -0.144. The van der Waals surface area contributed by atoms with E-state index in [0.717, 1.165) is 5.69 Å². The molecule has 20 heavy (non-hydrogen) atoms. The lowest BCUT2D eigenvalue weighted by Gasteiger charge is -2.17. The van der Waals surface area contributed by atoms with E-state index in [1.54, 1.807) is 11.3 Å². The summed E-state index contributed by atoms with van der Waals surface area (Å²) in [6.45, 7) is 2.07. The maximum Gasteiger partial charge on any atom is 0.238 e. The molecule has 102 valence electrons. The van der Waals surface area contributed by atoms with Gasteiger partial charge in [-0.3, -0.25) is 4.79 Å². The number of carbonyl (C=O) groups is 1. The zero-order chi connectivity index (χ0) is 14.4. The quantitative estimate of drug-likeness (QED) is 0.878. The summed E-state index contributed by atoms with van der Waals surface area (Å²) in [5.41, 5.74) is 1.54. The number of carbonyl (C=O) groups excluding carboxylic acids is 1. The zero-order valence-corrected chi connectivity index (χ0v) is 11.9. The summed E-state index contributed by atoms with van der Waals surface area (Å²) in [7, 11) is 0. The summed E-state index contributed by atoms with van der Waals surface area (Å²) in [6, 6.07) is 13.6. The van der Waals surface area contributed by atoms with Crippen molar-refractivity contribution in [2.45, 2.75) is 19.4 Å². The van der Waals surface area contributed by atoms with Gasteiger partial charge in [0.05, 0.1) is 23.5 Å². The minimum absolute atomic E-state index is 0.144. The molecule has 1 amide bonds. The van der Waals surface area contributed by atoms with Crippen molar-refractivity contribution in [1.82, 2.24) is 0 Å². The molecule has 4 nitrogen and oxygen atoms in total. The van der Waals surface area contributed by atoms with Gasteiger partial charge in [-0.1, -0.05) is 18.2 Å². The summed E-state index contributed by atoms with van der Waals surface area (Å²) in [5, 5.41) is 16.7. The Hall–Kier alpha value is -2.32. The van der Waals surface area contributed by atoms with Crippen LogP contribution in [0.4, 0.5) is 11.4 Å². The van der Waals surface area contributed by atoms with Crippen LogP contribution in [0.3, 0.4) is 0 Å². The highest BCUT2D eigenvalue weighted by Crippen LogP contribution is 2.28. The molecule has 1 atom stereocenters. The molecule has 0 aliphatic heterocycles. The van der Waals surface area contributed by atoms with Gasteiger partial charge in [0.15, 0.2) is 0 Å². The monoisotopic (exact) mass is 285 g/mol. The van der Waals surface area contributed by atoms with Crippen LogP contribution in [0, 0.1) is 11.3 Å². The van der Waals surface area contributed by atoms with Crippen LogP contribution in [0.25, 0.3) is 0 Å². The largest absolute Gasteiger partial charge is 0.376 e. The van der Waals surface area contributed by atoms with Crippen molar-refractivity contribution in [2.75, 3.05) is 10.6 Å². The highest BCUT2D eigenvalue weighted by atomic mass is 32.1. The predicted octanol–water partition coefficient (Wildman–Crippen LogP) is 3.77. The van der Waals surface area contributed by atoms with Crippen LogP contribution in [0.2, 0.25) is 0 Å². The third kappa shape index (κ3) is 3.59. The molecule has 1 aromatic carbocycles. The number of thiophene rings is 1. The first kappa shape index (κ1) is 14.1. The van der Waals surface area contributed by atoms with Crippen LogP contribution in [0.15, 0.2) is 41.8 Å². The van der Waals surface area contributed by atoms with Gasteiger partial charge >= 0.3 is 0 Å². The van der Waals surface area contributed by atoms with Gasteiger partial charge in [-0.15, -0.1) is 11.3 Å². The van der Waals surface area contributed by atoms with Crippen LogP contribution < -0.4 is 10.6 Å². The van der Waals surface area contributed by atoms with E-state index in [4.69, 9.17) is 5.26 Å². The number of nitrogens with one attached hydrogen (secondary N) is 2. The van der Waals surface area contributed by atoms with Crippen molar-refractivity contribution in [3.8, 4) is 6.07 Å². The Balaban J connectivity index is 2.12. The average Bonchev–Trinajstić information content (AvgIpc) is 2.95. The van der Waals surface area contributed by atoms with Gasteiger partial charge < -0.3 is 10.6 Å². The Morgan fingerprint density at radius 1 is 1.30 bits per heavy atom. The number of benzene rings is 1. The van der Waals surface area contributed by atoms with Crippen LogP contribution in [-0.4, -0.2) is 5.91 Å².